The van der Waals surface area contributed by atoms with Crippen LogP contribution in [0.2, 0.25) is 5.02 Å². The summed E-state index contributed by atoms with van der Waals surface area (Å²) in [5.74, 6) is 0.931. The molecule has 1 aliphatic carbocycles. The van der Waals surface area contributed by atoms with Crippen molar-refractivity contribution in [3.8, 4) is 17.6 Å². The second-order valence-corrected chi connectivity index (χ2v) is 6.66. The molecule has 5 nitrogen and oxygen atoms in total. The van der Waals surface area contributed by atoms with Crippen molar-refractivity contribution in [2.45, 2.75) is 38.6 Å². The molecule has 0 saturated heterocycles. The van der Waals surface area contributed by atoms with Crippen molar-refractivity contribution in [2.75, 3.05) is 14.2 Å². The number of methoxy groups -OCH3 is 2. The first kappa shape index (κ1) is 19.1. The number of carbonyl (C=O) groups is 1. The van der Waals surface area contributed by atoms with Crippen molar-refractivity contribution in [2.24, 2.45) is 5.92 Å². The maximum absolute atomic E-state index is 12.5. The summed E-state index contributed by atoms with van der Waals surface area (Å²) in [5, 5.41) is 12.7. The zero-order valence-corrected chi connectivity index (χ0v) is 15.5. The molecule has 1 N–H and O–H groups in total. The Labute approximate surface area is 153 Å². The van der Waals surface area contributed by atoms with Crippen LogP contribution < -0.4 is 14.8 Å². The van der Waals surface area contributed by atoms with Gasteiger partial charge in [0.15, 0.2) is 11.5 Å². The van der Waals surface area contributed by atoms with E-state index in [0.29, 0.717) is 28.0 Å². The van der Waals surface area contributed by atoms with Crippen LogP contribution in [0.5, 0.6) is 11.5 Å². The van der Waals surface area contributed by atoms with Crippen molar-refractivity contribution in [3.05, 3.63) is 28.3 Å². The van der Waals surface area contributed by atoms with Crippen molar-refractivity contribution in [1.29, 1.82) is 5.26 Å². The van der Waals surface area contributed by atoms with Gasteiger partial charge in [0.1, 0.15) is 11.6 Å². The Hall–Kier alpha value is -2.19. The van der Waals surface area contributed by atoms with Gasteiger partial charge in [-0.3, -0.25) is 4.79 Å². The molecule has 1 fully saturated rings. The molecule has 0 radical (unpaired) electrons. The molecule has 1 saturated carbocycles. The maximum Gasteiger partial charge on any atom is 0.262 e. The summed E-state index contributed by atoms with van der Waals surface area (Å²) in [7, 11) is 3.00. The molecule has 1 amide bonds. The predicted octanol–water partition coefficient (Wildman–Crippen LogP) is 3.96. The number of nitrogens with zero attached hydrogens (tertiary/aromatic N) is 1. The number of rotatable bonds is 5. The molecule has 2 rings (SSSR count). The maximum atomic E-state index is 12.5. The summed E-state index contributed by atoms with van der Waals surface area (Å²) in [4.78, 5) is 12.5. The Kier molecular flexibility index (Phi) is 6.72. The summed E-state index contributed by atoms with van der Waals surface area (Å²) in [6.45, 7) is 2.13. The highest BCUT2D eigenvalue weighted by molar-refractivity contribution is 6.32. The summed E-state index contributed by atoms with van der Waals surface area (Å²) in [6, 6.07) is 5.41. The van der Waals surface area contributed by atoms with Crippen LogP contribution in [-0.4, -0.2) is 26.2 Å². The number of amides is 1. The first-order valence-corrected chi connectivity index (χ1v) is 8.72. The third kappa shape index (κ3) is 4.67. The molecule has 0 bridgehead atoms. The van der Waals surface area contributed by atoms with Gasteiger partial charge in [0.25, 0.3) is 5.91 Å². The van der Waals surface area contributed by atoms with Crippen LogP contribution in [0.4, 0.5) is 0 Å². The van der Waals surface area contributed by atoms with Gasteiger partial charge in [0.05, 0.1) is 19.2 Å². The molecule has 1 aromatic rings. The van der Waals surface area contributed by atoms with Crippen LogP contribution in [0.15, 0.2) is 17.7 Å². The summed E-state index contributed by atoms with van der Waals surface area (Å²) in [5.41, 5.74) is 0.645. The van der Waals surface area contributed by atoms with Crippen LogP contribution >= 0.6 is 11.6 Å². The van der Waals surface area contributed by atoms with Crippen molar-refractivity contribution < 1.29 is 14.3 Å². The van der Waals surface area contributed by atoms with E-state index in [9.17, 15) is 10.1 Å². The van der Waals surface area contributed by atoms with Gasteiger partial charge in [0.2, 0.25) is 0 Å². The van der Waals surface area contributed by atoms with Gasteiger partial charge in [-0.1, -0.05) is 31.4 Å². The number of benzene rings is 1. The summed E-state index contributed by atoms with van der Waals surface area (Å²) in [6.07, 6.45) is 5.86. The van der Waals surface area contributed by atoms with Gasteiger partial charge >= 0.3 is 0 Å². The molecular weight excluding hydrogens is 340 g/mol. The van der Waals surface area contributed by atoms with Crippen LogP contribution in [0, 0.1) is 17.2 Å². The largest absolute Gasteiger partial charge is 0.493 e. The average molecular weight is 363 g/mol. The highest BCUT2D eigenvalue weighted by Crippen LogP contribution is 2.36. The number of hydrogen-bond donors (Lipinski definition) is 1. The van der Waals surface area contributed by atoms with E-state index in [1.165, 1.54) is 26.7 Å². The lowest BCUT2D eigenvalue weighted by Crippen LogP contribution is -2.41. The standard InChI is InChI=1S/C19H23ClN2O3/c1-12-6-4-5-7-16(12)22-19(23)14(11-21)8-13-9-15(20)18(25-3)17(10-13)24-2/h8-10,12,16H,4-7H2,1-3H3,(H,22,23)/b14-8+/t12-,16-/m0/s1. The second kappa shape index (κ2) is 8.77. The zero-order valence-electron chi connectivity index (χ0n) is 14.8. The number of ether oxygens (including phenoxy) is 2. The van der Waals surface area contributed by atoms with Gasteiger partial charge in [-0.15, -0.1) is 0 Å². The Morgan fingerprint density at radius 1 is 1.32 bits per heavy atom. The Bertz CT molecular complexity index is 709. The first-order valence-electron chi connectivity index (χ1n) is 8.34. The molecule has 1 aliphatic rings. The highest BCUT2D eigenvalue weighted by Gasteiger charge is 2.24. The fourth-order valence-electron chi connectivity index (χ4n) is 3.11. The van der Waals surface area contributed by atoms with Crippen LogP contribution in [0.3, 0.4) is 0 Å². The Morgan fingerprint density at radius 3 is 2.64 bits per heavy atom. The third-order valence-electron chi connectivity index (χ3n) is 4.56. The molecule has 134 valence electrons. The number of nitrogens with one attached hydrogen (secondary N) is 1. The topological polar surface area (TPSA) is 71.3 Å². The molecular formula is C19H23ClN2O3. The van der Waals surface area contributed by atoms with Crippen LogP contribution in [0.25, 0.3) is 6.08 Å². The monoisotopic (exact) mass is 362 g/mol. The fraction of sp³-hybridized carbons (Fsp3) is 0.474. The van der Waals surface area contributed by atoms with Gasteiger partial charge in [-0.25, -0.2) is 0 Å². The molecule has 0 aromatic heterocycles. The van der Waals surface area contributed by atoms with E-state index in [-0.39, 0.29) is 17.5 Å². The van der Waals surface area contributed by atoms with Crippen molar-refractivity contribution >= 4 is 23.6 Å². The minimum Gasteiger partial charge on any atom is -0.493 e. The molecule has 0 spiro atoms. The number of halogens is 1. The lowest BCUT2D eigenvalue weighted by molar-refractivity contribution is -0.118. The quantitative estimate of drug-likeness (QED) is 0.635. The Balaban J connectivity index is 2.23. The van der Waals surface area contributed by atoms with E-state index in [1.807, 2.05) is 6.07 Å². The van der Waals surface area contributed by atoms with Crippen LogP contribution in [0.1, 0.15) is 38.2 Å². The van der Waals surface area contributed by atoms with E-state index >= 15 is 0 Å². The SMILES string of the molecule is COc1cc(/C=C(\C#N)C(=O)N[C@H]2CCCC[C@@H]2C)cc(Cl)c1OC. The fourth-order valence-corrected chi connectivity index (χ4v) is 3.41. The minimum atomic E-state index is -0.354. The normalized spacial score (nSPS) is 20.5. The molecule has 6 heteroatoms. The van der Waals surface area contributed by atoms with E-state index in [0.717, 1.165) is 19.3 Å². The van der Waals surface area contributed by atoms with E-state index in [1.54, 1.807) is 12.1 Å². The van der Waals surface area contributed by atoms with Crippen molar-refractivity contribution in [3.63, 3.8) is 0 Å². The van der Waals surface area contributed by atoms with E-state index < -0.39 is 0 Å². The van der Waals surface area contributed by atoms with Gasteiger partial charge in [-0.05, 0) is 42.5 Å². The van der Waals surface area contributed by atoms with E-state index in [4.69, 9.17) is 21.1 Å². The smallest absolute Gasteiger partial charge is 0.262 e. The average Bonchev–Trinajstić information content (AvgIpc) is 2.60. The highest BCUT2D eigenvalue weighted by atomic mass is 35.5. The van der Waals surface area contributed by atoms with Gasteiger partial charge < -0.3 is 14.8 Å². The lowest BCUT2D eigenvalue weighted by Gasteiger charge is -2.29. The molecule has 25 heavy (non-hydrogen) atoms. The number of carbonyl (C=O) groups excluding carboxylic acids is 1. The van der Waals surface area contributed by atoms with E-state index in [2.05, 4.69) is 12.2 Å². The first-order chi connectivity index (χ1) is 12.0. The Morgan fingerprint density at radius 2 is 2.04 bits per heavy atom. The van der Waals surface area contributed by atoms with Crippen molar-refractivity contribution in [1.82, 2.24) is 5.32 Å². The summed E-state index contributed by atoms with van der Waals surface area (Å²) >= 11 is 6.18. The second-order valence-electron chi connectivity index (χ2n) is 6.25. The lowest BCUT2D eigenvalue weighted by atomic mass is 9.86. The molecule has 0 unspecified atom stereocenters. The van der Waals surface area contributed by atoms with Crippen LogP contribution in [-0.2, 0) is 4.79 Å². The zero-order chi connectivity index (χ0) is 18.4. The molecule has 0 aliphatic heterocycles. The predicted molar refractivity (Wildman–Crippen MR) is 97.7 cm³/mol. The third-order valence-corrected chi connectivity index (χ3v) is 4.84. The minimum absolute atomic E-state index is 0.0426. The summed E-state index contributed by atoms with van der Waals surface area (Å²) < 4.78 is 10.4. The molecule has 2 atom stereocenters. The molecule has 1 aromatic carbocycles. The molecule has 0 heterocycles. The van der Waals surface area contributed by atoms with Gasteiger partial charge in [-0.2, -0.15) is 5.26 Å². The number of hydrogen-bond acceptors (Lipinski definition) is 4. The van der Waals surface area contributed by atoms with Gasteiger partial charge in [0, 0.05) is 6.04 Å². The number of nitriles is 1.